The van der Waals surface area contributed by atoms with Crippen molar-refractivity contribution in [3.63, 3.8) is 0 Å². The van der Waals surface area contributed by atoms with Gasteiger partial charge in [0.05, 0.1) is 0 Å². The Labute approximate surface area is 126 Å². The molecule has 0 saturated heterocycles. The van der Waals surface area contributed by atoms with Crippen LogP contribution in [0.1, 0.15) is 36.5 Å². The van der Waals surface area contributed by atoms with Crippen LogP contribution >= 0.6 is 11.6 Å². The van der Waals surface area contributed by atoms with E-state index in [4.69, 9.17) is 16.3 Å². The van der Waals surface area contributed by atoms with Crippen LogP contribution in [0.4, 0.5) is 0 Å². The highest BCUT2D eigenvalue weighted by atomic mass is 35.5. The summed E-state index contributed by atoms with van der Waals surface area (Å²) < 4.78 is 5.90. The summed E-state index contributed by atoms with van der Waals surface area (Å²) in [5.74, 6) is 1.71. The second kappa shape index (κ2) is 6.81. The lowest BCUT2D eigenvalue weighted by Gasteiger charge is -2.10. The number of hydrogen-bond acceptors (Lipinski definition) is 1. The number of halogens is 1. The summed E-state index contributed by atoms with van der Waals surface area (Å²) in [6.45, 7) is 6.20. The van der Waals surface area contributed by atoms with Crippen molar-refractivity contribution in [3.05, 3.63) is 58.1 Å². The standard InChI is InChI=1S/C18H21ClO/c1-4-5-6-15-7-9-16(10-8-15)20-17-11-13(2)18(19)14(3)12-17/h7-12H,4-6H2,1-3H3. The molecule has 0 fully saturated rings. The molecule has 0 spiro atoms. The molecule has 0 aromatic heterocycles. The second-order valence-electron chi connectivity index (χ2n) is 5.22. The average molecular weight is 289 g/mol. The van der Waals surface area contributed by atoms with Crippen LogP contribution in [-0.4, -0.2) is 0 Å². The summed E-state index contributed by atoms with van der Waals surface area (Å²) >= 11 is 6.17. The van der Waals surface area contributed by atoms with E-state index in [0.717, 1.165) is 34.1 Å². The second-order valence-corrected chi connectivity index (χ2v) is 5.60. The van der Waals surface area contributed by atoms with Crippen molar-refractivity contribution >= 4 is 11.6 Å². The highest BCUT2D eigenvalue weighted by molar-refractivity contribution is 6.32. The Morgan fingerprint density at radius 3 is 2.10 bits per heavy atom. The molecule has 0 atom stereocenters. The van der Waals surface area contributed by atoms with Crippen LogP contribution in [0.2, 0.25) is 5.02 Å². The number of hydrogen-bond donors (Lipinski definition) is 0. The Bertz CT molecular complexity index is 549. The van der Waals surface area contributed by atoms with E-state index in [1.54, 1.807) is 0 Å². The van der Waals surface area contributed by atoms with Crippen molar-refractivity contribution in [2.75, 3.05) is 0 Å². The van der Waals surface area contributed by atoms with Gasteiger partial charge in [-0.25, -0.2) is 0 Å². The molecular weight excluding hydrogens is 268 g/mol. The van der Waals surface area contributed by atoms with Crippen molar-refractivity contribution in [2.24, 2.45) is 0 Å². The zero-order valence-electron chi connectivity index (χ0n) is 12.4. The lowest BCUT2D eigenvalue weighted by Crippen LogP contribution is -1.89. The van der Waals surface area contributed by atoms with Crippen LogP contribution < -0.4 is 4.74 Å². The molecule has 0 aliphatic carbocycles. The molecule has 0 bridgehead atoms. The molecule has 0 unspecified atom stereocenters. The summed E-state index contributed by atoms with van der Waals surface area (Å²) in [5.41, 5.74) is 3.45. The summed E-state index contributed by atoms with van der Waals surface area (Å²) in [6, 6.07) is 12.3. The van der Waals surface area contributed by atoms with E-state index in [-0.39, 0.29) is 0 Å². The molecule has 0 heterocycles. The first-order chi connectivity index (χ1) is 9.60. The predicted octanol–water partition coefficient (Wildman–Crippen LogP) is 6.09. The molecule has 2 heteroatoms. The van der Waals surface area contributed by atoms with Crippen LogP contribution in [0.25, 0.3) is 0 Å². The van der Waals surface area contributed by atoms with E-state index in [2.05, 4.69) is 19.1 Å². The Kier molecular flexibility index (Phi) is 5.08. The number of aryl methyl sites for hydroxylation is 3. The first-order valence-electron chi connectivity index (χ1n) is 7.13. The van der Waals surface area contributed by atoms with E-state index >= 15 is 0 Å². The maximum Gasteiger partial charge on any atom is 0.128 e. The van der Waals surface area contributed by atoms with Gasteiger partial charge in [-0.1, -0.05) is 37.1 Å². The molecule has 2 aromatic rings. The topological polar surface area (TPSA) is 9.23 Å². The molecule has 0 amide bonds. The third kappa shape index (κ3) is 3.77. The minimum atomic E-state index is 0.812. The third-order valence-corrected chi connectivity index (χ3v) is 3.98. The number of rotatable bonds is 5. The largest absolute Gasteiger partial charge is 0.457 e. The summed E-state index contributed by atoms with van der Waals surface area (Å²) in [7, 11) is 0. The van der Waals surface area contributed by atoms with Crippen LogP contribution in [0.15, 0.2) is 36.4 Å². The summed E-state index contributed by atoms with van der Waals surface area (Å²) in [5, 5.41) is 0.812. The Balaban J connectivity index is 2.10. The van der Waals surface area contributed by atoms with Gasteiger partial charge in [-0.15, -0.1) is 0 Å². The van der Waals surface area contributed by atoms with Gasteiger partial charge in [0, 0.05) is 5.02 Å². The van der Waals surface area contributed by atoms with Crippen LogP contribution in [0, 0.1) is 13.8 Å². The van der Waals surface area contributed by atoms with Crippen molar-refractivity contribution in [3.8, 4) is 11.5 Å². The molecule has 0 aliphatic rings. The molecule has 2 rings (SSSR count). The number of unbranched alkanes of at least 4 members (excludes halogenated alkanes) is 1. The first kappa shape index (κ1) is 14.9. The van der Waals surface area contributed by atoms with Gasteiger partial charge in [-0.2, -0.15) is 0 Å². The highest BCUT2D eigenvalue weighted by Crippen LogP contribution is 2.29. The van der Waals surface area contributed by atoms with Gasteiger partial charge in [0.15, 0.2) is 0 Å². The molecule has 0 N–H and O–H groups in total. The van der Waals surface area contributed by atoms with Gasteiger partial charge in [0.25, 0.3) is 0 Å². The Hall–Kier alpha value is -1.47. The maximum absolute atomic E-state index is 6.17. The van der Waals surface area contributed by atoms with Gasteiger partial charge >= 0.3 is 0 Å². The molecule has 20 heavy (non-hydrogen) atoms. The number of benzene rings is 2. The lowest BCUT2D eigenvalue weighted by molar-refractivity contribution is 0.481. The lowest BCUT2D eigenvalue weighted by atomic mass is 10.1. The SMILES string of the molecule is CCCCc1ccc(Oc2cc(C)c(Cl)c(C)c2)cc1. The Morgan fingerprint density at radius 2 is 1.55 bits per heavy atom. The van der Waals surface area contributed by atoms with E-state index in [1.807, 2.05) is 38.1 Å². The van der Waals surface area contributed by atoms with Crippen LogP contribution in [0.5, 0.6) is 11.5 Å². The van der Waals surface area contributed by atoms with Crippen LogP contribution in [-0.2, 0) is 6.42 Å². The fourth-order valence-corrected chi connectivity index (χ4v) is 2.32. The molecular formula is C18H21ClO. The number of ether oxygens (including phenoxy) is 1. The first-order valence-corrected chi connectivity index (χ1v) is 7.51. The van der Waals surface area contributed by atoms with Crippen molar-refractivity contribution in [2.45, 2.75) is 40.0 Å². The minimum absolute atomic E-state index is 0.812. The van der Waals surface area contributed by atoms with Gasteiger partial charge in [-0.3, -0.25) is 0 Å². The van der Waals surface area contributed by atoms with E-state index in [0.29, 0.717) is 0 Å². The van der Waals surface area contributed by atoms with Crippen molar-refractivity contribution in [1.29, 1.82) is 0 Å². The minimum Gasteiger partial charge on any atom is -0.457 e. The van der Waals surface area contributed by atoms with Crippen LogP contribution in [0.3, 0.4) is 0 Å². The molecule has 2 aromatic carbocycles. The Morgan fingerprint density at radius 1 is 0.950 bits per heavy atom. The van der Waals surface area contributed by atoms with Crippen molar-refractivity contribution < 1.29 is 4.74 Å². The summed E-state index contributed by atoms with van der Waals surface area (Å²) in [4.78, 5) is 0. The third-order valence-electron chi connectivity index (χ3n) is 3.39. The van der Waals surface area contributed by atoms with Crippen molar-refractivity contribution in [1.82, 2.24) is 0 Å². The van der Waals surface area contributed by atoms with E-state index < -0.39 is 0 Å². The summed E-state index contributed by atoms with van der Waals surface area (Å²) in [6.07, 6.45) is 3.59. The molecule has 0 saturated carbocycles. The predicted molar refractivity (Wildman–Crippen MR) is 86.1 cm³/mol. The van der Waals surface area contributed by atoms with E-state index in [9.17, 15) is 0 Å². The maximum atomic E-state index is 6.17. The molecule has 1 nitrogen and oxygen atoms in total. The quantitative estimate of drug-likeness (QED) is 0.646. The monoisotopic (exact) mass is 288 g/mol. The fraction of sp³-hybridized carbons (Fsp3) is 0.333. The molecule has 106 valence electrons. The zero-order chi connectivity index (χ0) is 14.5. The smallest absolute Gasteiger partial charge is 0.128 e. The molecule has 0 radical (unpaired) electrons. The van der Waals surface area contributed by atoms with Gasteiger partial charge in [-0.05, 0) is 67.6 Å². The zero-order valence-corrected chi connectivity index (χ0v) is 13.1. The van der Waals surface area contributed by atoms with Gasteiger partial charge in [0.2, 0.25) is 0 Å². The van der Waals surface area contributed by atoms with Gasteiger partial charge < -0.3 is 4.74 Å². The van der Waals surface area contributed by atoms with Gasteiger partial charge in [0.1, 0.15) is 11.5 Å². The fourth-order valence-electron chi connectivity index (χ4n) is 2.21. The molecule has 0 aliphatic heterocycles. The highest BCUT2D eigenvalue weighted by Gasteiger charge is 2.04. The van der Waals surface area contributed by atoms with E-state index in [1.165, 1.54) is 18.4 Å². The average Bonchev–Trinajstić information content (AvgIpc) is 2.44. The normalized spacial score (nSPS) is 10.6.